The maximum atomic E-state index is 13.0. The summed E-state index contributed by atoms with van der Waals surface area (Å²) in [5.41, 5.74) is 2.51. The fourth-order valence-electron chi connectivity index (χ4n) is 2.71. The van der Waals surface area contributed by atoms with Gasteiger partial charge in [-0.05, 0) is 48.9 Å². The average Bonchev–Trinajstić information content (AvgIpc) is 3.15. The molecule has 146 valence electrons. The standard InChI is InChI=1S/C21H21NO5S/c1-16-5-9-18(10-6-16)21(23)22(15-20-4-3-13-26-20)14-17-7-11-19(12-8-17)27-28(2,24)25/h3-13H,14-15H2,1-2H3. The average molecular weight is 399 g/mol. The molecular formula is C21H21NO5S. The molecule has 0 spiro atoms. The van der Waals surface area contributed by atoms with E-state index in [0.29, 0.717) is 24.4 Å². The van der Waals surface area contributed by atoms with E-state index in [2.05, 4.69) is 0 Å². The normalized spacial score (nSPS) is 11.2. The van der Waals surface area contributed by atoms with Crippen molar-refractivity contribution >= 4 is 16.0 Å². The van der Waals surface area contributed by atoms with Crippen molar-refractivity contribution in [2.45, 2.75) is 20.0 Å². The summed E-state index contributed by atoms with van der Waals surface area (Å²) >= 11 is 0. The highest BCUT2D eigenvalue weighted by atomic mass is 32.2. The predicted octanol–water partition coefficient (Wildman–Crippen LogP) is 3.77. The molecule has 0 N–H and O–H groups in total. The monoisotopic (exact) mass is 399 g/mol. The third kappa shape index (κ3) is 5.47. The van der Waals surface area contributed by atoms with Gasteiger partial charge in [0.2, 0.25) is 0 Å². The molecule has 0 fully saturated rings. The first-order chi connectivity index (χ1) is 13.3. The van der Waals surface area contributed by atoms with E-state index in [0.717, 1.165) is 17.4 Å². The molecule has 2 aromatic carbocycles. The van der Waals surface area contributed by atoms with Crippen LogP contribution in [0.15, 0.2) is 71.3 Å². The van der Waals surface area contributed by atoms with E-state index in [4.69, 9.17) is 8.60 Å². The Morgan fingerprint density at radius 2 is 1.68 bits per heavy atom. The van der Waals surface area contributed by atoms with Gasteiger partial charge in [-0.25, -0.2) is 0 Å². The van der Waals surface area contributed by atoms with Crippen LogP contribution in [-0.4, -0.2) is 25.5 Å². The highest BCUT2D eigenvalue weighted by Crippen LogP contribution is 2.18. The van der Waals surface area contributed by atoms with Gasteiger partial charge in [0, 0.05) is 12.1 Å². The Morgan fingerprint density at radius 3 is 2.25 bits per heavy atom. The number of aryl methyl sites for hydroxylation is 1. The van der Waals surface area contributed by atoms with Gasteiger partial charge in [-0.3, -0.25) is 4.79 Å². The lowest BCUT2D eigenvalue weighted by Crippen LogP contribution is -2.30. The number of furan rings is 1. The number of benzene rings is 2. The predicted molar refractivity (Wildman–Crippen MR) is 105 cm³/mol. The number of hydrogen-bond donors (Lipinski definition) is 0. The summed E-state index contributed by atoms with van der Waals surface area (Å²) in [4.78, 5) is 14.7. The minimum Gasteiger partial charge on any atom is -0.467 e. The summed E-state index contributed by atoms with van der Waals surface area (Å²) in [6.45, 7) is 2.63. The van der Waals surface area contributed by atoms with Crippen LogP contribution < -0.4 is 4.18 Å². The molecule has 0 atom stereocenters. The van der Waals surface area contributed by atoms with Gasteiger partial charge in [-0.1, -0.05) is 29.8 Å². The van der Waals surface area contributed by atoms with Crippen LogP contribution in [0, 0.1) is 6.92 Å². The SMILES string of the molecule is Cc1ccc(C(=O)N(Cc2ccc(OS(C)(=O)=O)cc2)Cc2ccco2)cc1. The number of hydrogen-bond acceptors (Lipinski definition) is 5. The number of carbonyl (C=O) groups excluding carboxylic acids is 1. The first-order valence-electron chi connectivity index (χ1n) is 8.67. The molecule has 0 aliphatic heterocycles. The molecule has 0 bridgehead atoms. The Hall–Kier alpha value is -3.06. The highest BCUT2D eigenvalue weighted by Gasteiger charge is 2.18. The zero-order chi connectivity index (χ0) is 20.1. The Balaban J connectivity index is 1.80. The van der Waals surface area contributed by atoms with Gasteiger partial charge in [-0.15, -0.1) is 0 Å². The Morgan fingerprint density at radius 1 is 1.00 bits per heavy atom. The molecule has 1 heterocycles. The third-order valence-corrected chi connectivity index (χ3v) is 4.55. The van der Waals surface area contributed by atoms with Crippen molar-refractivity contribution in [2.24, 2.45) is 0 Å². The van der Waals surface area contributed by atoms with E-state index in [9.17, 15) is 13.2 Å². The second kappa shape index (κ2) is 8.31. The van der Waals surface area contributed by atoms with E-state index in [1.54, 1.807) is 53.6 Å². The van der Waals surface area contributed by atoms with Crippen molar-refractivity contribution in [3.05, 3.63) is 89.4 Å². The summed E-state index contributed by atoms with van der Waals surface area (Å²) in [6, 6.07) is 17.6. The van der Waals surface area contributed by atoms with Crippen molar-refractivity contribution in [1.82, 2.24) is 4.90 Å². The van der Waals surface area contributed by atoms with Gasteiger partial charge in [0.25, 0.3) is 5.91 Å². The van der Waals surface area contributed by atoms with Crippen molar-refractivity contribution in [3.8, 4) is 5.75 Å². The first-order valence-corrected chi connectivity index (χ1v) is 10.5. The second-order valence-electron chi connectivity index (χ2n) is 6.54. The van der Waals surface area contributed by atoms with Crippen molar-refractivity contribution in [2.75, 3.05) is 6.26 Å². The molecule has 1 amide bonds. The fourth-order valence-corrected chi connectivity index (χ4v) is 3.18. The summed E-state index contributed by atoms with van der Waals surface area (Å²) in [6.07, 6.45) is 2.56. The number of carbonyl (C=O) groups is 1. The molecule has 0 unspecified atom stereocenters. The smallest absolute Gasteiger partial charge is 0.306 e. The van der Waals surface area contributed by atoms with E-state index >= 15 is 0 Å². The van der Waals surface area contributed by atoms with E-state index in [1.807, 2.05) is 25.1 Å². The Kier molecular flexibility index (Phi) is 5.84. The zero-order valence-corrected chi connectivity index (χ0v) is 16.5. The molecule has 0 saturated carbocycles. The Bertz CT molecular complexity index is 1020. The van der Waals surface area contributed by atoms with Gasteiger partial charge in [0.1, 0.15) is 11.5 Å². The highest BCUT2D eigenvalue weighted by molar-refractivity contribution is 7.86. The van der Waals surface area contributed by atoms with Gasteiger partial charge in [0.15, 0.2) is 0 Å². The summed E-state index contributed by atoms with van der Waals surface area (Å²) in [5, 5.41) is 0. The molecule has 7 heteroatoms. The van der Waals surface area contributed by atoms with Crippen LogP contribution in [0.1, 0.15) is 27.2 Å². The summed E-state index contributed by atoms with van der Waals surface area (Å²) in [5.74, 6) is 0.791. The van der Waals surface area contributed by atoms with Crippen LogP contribution in [0.25, 0.3) is 0 Å². The topological polar surface area (TPSA) is 76.8 Å². The fraction of sp³-hybridized carbons (Fsp3) is 0.190. The maximum Gasteiger partial charge on any atom is 0.306 e. The zero-order valence-electron chi connectivity index (χ0n) is 15.7. The number of nitrogens with zero attached hydrogens (tertiary/aromatic N) is 1. The maximum absolute atomic E-state index is 13.0. The minimum absolute atomic E-state index is 0.118. The van der Waals surface area contributed by atoms with E-state index in [1.165, 1.54) is 0 Å². The van der Waals surface area contributed by atoms with Crippen LogP contribution in [0.2, 0.25) is 0 Å². The Labute approximate surface area is 164 Å². The molecule has 0 radical (unpaired) electrons. The summed E-state index contributed by atoms with van der Waals surface area (Å²) in [7, 11) is -3.58. The lowest BCUT2D eigenvalue weighted by Gasteiger charge is -2.22. The molecule has 6 nitrogen and oxygen atoms in total. The van der Waals surface area contributed by atoms with Gasteiger partial charge in [-0.2, -0.15) is 8.42 Å². The molecular weight excluding hydrogens is 378 g/mol. The lowest BCUT2D eigenvalue weighted by molar-refractivity contribution is 0.0717. The molecule has 0 aliphatic carbocycles. The van der Waals surface area contributed by atoms with Crippen LogP contribution in [-0.2, 0) is 23.2 Å². The molecule has 1 aromatic heterocycles. The lowest BCUT2D eigenvalue weighted by atomic mass is 10.1. The van der Waals surface area contributed by atoms with Crippen molar-refractivity contribution in [1.29, 1.82) is 0 Å². The van der Waals surface area contributed by atoms with Gasteiger partial charge >= 0.3 is 10.1 Å². The number of amides is 1. The minimum atomic E-state index is -3.58. The van der Waals surface area contributed by atoms with Crippen LogP contribution in [0.3, 0.4) is 0 Å². The quantitative estimate of drug-likeness (QED) is 0.565. The second-order valence-corrected chi connectivity index (χ2v) is 8.11. The third-order valence-electron chi connectivity index (χ3n) is 4.06. The molecule has 3 aromatic rings. The van der Waals surface area contributed by atoms with Crippen molar-refractivity contribution in [3.63, 3.8) is 0 Å². The number of rotatable bonds is 7. The van der Waals surface area contributed by atoms with Crippen molar-refractivity contribution < 1.29 is 21.8 Å². The molecule has 28 heavy (non-hydrogen) atoms. The largest absolute Gasteiger partial charge is 0.467 e. The first kappa shape index (κ1) is 19.7. The molecule has 0 saturated heterocycles. The van der Waals surface area contributed by atoms with Gasteiger partial charge < -0.3 is 13.5 Å². The van der Waals surface area contributed by atoms with E-state index < -0.39 is 10.1 Å². The van der Waals surface area contributed by atoms with E-state index in [-0.39, 0.29) is 11.7 Å². The van der Waals surface area contributed by atoms with Crippen LogP contribution in [0.5, 0.6) is 5.75 Å². The van der Waals surface area contributed by atoms with Crippen LogP contribution in [0.4, 0.5) is 0 Å². The summed E-state index contributed by atoms with van der Waals surface area (Å²) < 4.78 is 32.7. The molecule has 3 rings (SSSR count). The molecule has 0 aliphatic rings. The van der Waals surface area contributed by atoms with Crippen LogP contribution >= 0.6 is 0 Å². The van der Waals surface area contributed by atoms with Gasteiger partial charge in [0.05, 0.1) is 19.1 Å².